The number of likely N-dealkylation sites (N-methyl/N-ethyl adjacent to an activating group) is 1. The summed E-state index contributed by atoms with van der Waals surface area (Å²) in [6.07, 6.45) is 2.18. The molecule has 1 aliphatic carbocycles. The summed E-state index contributed by atoms with van der Waals surface area (Å²) < 4.78 is 0. The fraction of sp³-hybridized carbons (Fsp3) is 0.333. The van der Waals surface area contributed by atoms with Gasteiger partial charge in [0.25, 0.3) is 0 Å². The minimum absolute atomic E-state index is 0.406. The van der Waals surface area contributed by atoms with Crippen molar-refractivity contribution in [3.05, 3.63) is 52.6 Å². The van der Waals surface area contributed by atoms with E-state index in [1.54, 1.807) is 0 Å². The molecule has 2 nitrogen and oxygen atoms in total. The summed E-state index contributed by atoms with van der Waals surface area (Å²) in [7, 11) is 2.22. The summed E-state index contributed by atoms with van der Waals surface area (Å²) in [5.74, 6) is 0.406. The van der Waals surface area contributed by atoms with Gasteiger partial charge in [0.1, 0.15) is 5.75 Å². The highest BCUT2D eigenvalue weighted by Gasteiger charge is 2.32. The summed E-state index contributed by atoms with van der Waals surface area (Å²) >= 11 is 0. The van der Waals surface area contributed by atoms with E-state index in [-0.39, 0.29) is 0 Å². The molecule has 2 aromatic rings. The number of aryl methyl sites for hydroxylation is 1. The van der Waals surface area contributed by atoms with Crippen LogP contribution in [0.3, 0.4) is 0 Å². The van der Waals surface area contributed by atoms with E-state index >= 15 is 0 Å². The van der Waals surface area contributed by atoms with Crippen molar-refractivity contribution < 1.29 is 5.11 Å². The molecule has 4 rings (SSSR count). The lowest BCUT2D eigenvalue weighted by Crippen LogP contribution is -2.35. The number of aromatic hydroxyl groups is 1. The molecule has 1 unspecified atom stereocenters. The van der Waals surface area contributed by atoms with E-state index in [4.69, 9.17) is 0 Å². The van der Waals surface area contributed by atoms with Gasteiger partial charge in [0.2, 0.25) is 0 Å². The molecule has 0 saturated carbocycles. The molecule has 102 valence electrons. The zero-order chi connectivity index (χ0) is 13.9. The molecule has 0 bridgehead atoms. The van der Waals surface area contributed by atoms with Crippen LogP contribution in [-0.4, -0.2) is 23.6 Å². The number of fused-ring (bicyclic) bond motifs is 2. The number of benzene rings is 2. The molecular weight excluding hydrogens is 246 g/mol. The highest BCUT2D eigenvalue weighted by Crippen LogP contribution is 2.45. The van der Waals surface area contributed by atoms with Crippen LogP contribution in [-0.2, 0) is 12.8 Å². The molecule has 1 N–H and O–H groups in total. The molecule has 1 heterocycles. The van der Waals surface area contributed by atoms with Crippen molar-refractivity contribution in [2.75, 3.05) is 13.6 Å². The van der Waals surface area contributed by atoms with Crippen molar-refractivity contribution >= 4 is 0 Å². The van der Waals surface area contributed by atoms with Crippen LogP contribution in [0, 0.1) is 6.92 Å². The van der Waals surface area contributed by atoms with Crippen LogP contribution in [0.4, 0.5) is 0 Å². The number of nitrogens with zero attached hydrogens (tertiary/aromatic N) is 1. The topological polar surface area (TPSA) is 23.5 Å². The molecule has 0 amide bonds. The molecule has 0 radical (unpaired) electrons. The predicted molar refractivity (Wildman–Crippen MR) is 81.1 cm³/mol. The average molecular weight is 265 g/mol. The van der Waals surface area contributed by atoms with Gasteiger partial charge in [0.05, 0.1) is 0 Å². The number of hydrogen-bond acceptors (Lipinski definition) is 2. The van der Waals surface area contributed by atoms with Gasteiger partial charge in [-0.15, -0.1) is 0 Å². The standard InChI is InChI=1S/C18H19NO/c1-11-8-13-9-16-18-12(6-7-19(16)2)4-3-5-14(18)15(13)10-17(11)20/h3-5,8,10,16,20H,6-7,9H2,1-2H3. The SMILES string of the molecule is Cc1cc2c(cc1O)-c1cccc3c1C(C2)N(C)CC3. The Bertz CT molecular complexity index is 705. The van der Waals surface area contributed by atoms with Crippen LogP contribution >= 0.6 is 0 Å². The molecule has 2 heteroatoms. The van der Waals surface area contributed by atoms with E-state index in [9.17, 15) is 5.11 Å². The average Bonchev–Trinajstić information content (AvgIpc) is 2.45. The van der Waals surface area contributed by atoms with Crippen molar-refractivity contribution in [3.63, 3.8) is 0 Å². The second-order valence-corrected chi connectivity index (χ2v) is 6.12. The van der Waals surface area contributed by atoms with Crippen molar-refractivity contribution in [1.29, 1.82) is 0 Å². The van der Waals surface area contributed by atoms with E-state index in [0.29, 0.717) is 11.8 Å². The molecule has 0 fully saturated rings. The summed E-state index contributed by atoms with van der Waals surface area (Å²) in [6.45, 7) is 3.11. The highest BCUT2D eigenvalue weighted by atomic mass is 16.3. The van der Waals surface area contributed by atoms with Crippen molar-refractivity contribution in [1.82, 2.24) is 4.90 Å². The highest BCUT2D eigenvalue weighted by molar-refractivity contribution is 5.77. The quantitative estimate of drug-likeness (QED) is 0.788. The second kappa shape index (κ2) is 4.10. The smallest absolute Gasteiger partial charge is 0.119 e. The third kappa shape index (κ3) is 1.55. The molecule has 0 aromatic heterocycles. The van der Waals surface area contributed by atoms with Gasteiger partial charge in [0.15, 0.2) is 0 Å². The molecule has 2 aromatic carbocycles. The molecule has 1 aliphatic heterocycles. The lowest BCUT2D eigenvalue weighted by atomic mass is 9.77. The Morgan fingerprint density at radius 1 is 1.15 bits per heavy atom. The molecular formula is C18H19NO. The van der Waals surface area contributed by atoms with Gasteiger partial charge < -0.3 is 5.11 Å². The van der Waals surface area contributed by atoms with Crippen molar-refractivity contribution in [2.24, 2.45) is 0 Å². The number of phenolic OH excluding ortho intramolecular Hbond substituents is 1. The van der Waals surface area contributed by atoms with Crippen LogP contribution in [0.25, 0.3) is 11.1 Å². The van der Waals surface area contributed by atoms with E-state index in [1.807, 2.05) is 13.0 Å². The third-order valence-electron chi connectivity index (χ3n) is 4.92. The lowest BCUT2D eigenvalue weighted by molar-refractivity contribution is 0.228. The number of phenols is 1. The van der Waals surface area contributed by atoms with Gasteiger partial charge >= 0.3 is 0 Å². The largest absolute Gasteiger partial charge is 0.508 e. The van der Waals surface area contributed by atoms with Gasteiger partial charge in [-0.1, -0.05) is 24.3 Å². The Balaban J connectivity index is 2.02. The Kier molecular flexibility index (Phi) is 2.45. The van der Waals surface area contributed by atoms with Crippen LogP contribution in [0.2, 0.25) is 0 Å². The zero-order valence-corrected chi connectivity index (χ0v) is 12.0. The van der Waals surface area contributed by atoms with Crippen molar-refractivity contribution in [3.8, 4) is 16.9 Å². The maximum Gasteiger partial charge on any atom is 0.119 e. The Hall–Kier alpha value is -1.80. The molecule has 20 heavy (non-hydrogen) atoms. The predicted octanol–water partition coefficient (Wildman–Crippen LogP) is 3.45. The first-order valence-electron chi connectivity index (χ1n) is 7.30. The Morgan fingerprint density at radius 2 is 2.00 bits per heavy atom. The van der Waals surface area contributed by atoms with Crippen LogP contribution in [0.5, 0.6) is 5.75 Å². The zero-order valence-electron chi connectivity index (χ0n) is 12.0. The van der Waals surface area contributed by atoms with Crippen LogP contribution < -0.4 is 0 Å². The summed E-state index contributed by atoms with van der Waals surface area (Å²) in [6, 6.07) is 11.2. The first kappa shape index (κ1) is 12.0. The fourth-order valence-electron chi connectivity index (χ4n) is 3.77. The minimum atomic E-state index is 0.406. The number of hydrogen-bond donors (Lipinski definition) is 1. The van der Waals surface area contributed by atoms with Crippen molar-refractivity contribution in [2.45, 2.75) is 25.8 Å². The lowest BCUT2D eigenvalue weighted by Gasteiger charge is -2.39. The van der Waals surface area contributed by atoms with Crippen LogP contribution in [0.15, 0.2) is 30.3 Å². The monoisotopic (exact) mass is 265 g/mol. The third-order valence-corrected chi connectivity index (χ3v) is 4.92. The van der Waals surface area contributed by atoms with Gasteiger partial charge in [-0.25, -0.2) is 0 Å². The van der Waals surface area contributed by atoms with Gasteiger partial charge in [-0.2, -0.15) is 0 Å². The van der Waals surface area contributed by atoms with Crippen LogP contribution in [0.1, 0.15) is 28.3 Å². The first-order valence-corrected chi connectivity index (χ1v) is 7.30. The molecule has 0 spiro atoms. The summed E-state index contributed by atoms with van der Waals surface area (Å²) in [5.41, 5.74) is 7.84. The normalized spacial score (nSPS) is 20.4. The van der Waals surface area contributed by atoms with E-state index in [2.05, 4.69) is 36.2 Å². The second-order valence-electron chi connectivity index (χ2n) is 6.12. The minimum Gasteiger partial charge on any atom is -0.508 e. The maximum absolute atomic E-state index is 10.0. The molecule has 2 aliphatic rings. The van der Waals surface area contributed by atoms with E-state index in [0.717, 1.165) is 24.9 Å². The number of rotatable bonds is 0. The maximum atomic E-state index is 10.0. The Morgan fingerprint density at radius 3 is 2.85 bits per heavy atom. The molecule has 0 saturated heterocycles. The van der Waals surface area contributed by atoms with Gasteiger partial charge in [-0.05, 0) is 66.3 Å². The summed E-state index contributed by atoms with van der Waals surface area (Å²) in [5, 5.41) is 10.0. The summed E-state index contributed by atoms with van der Waals surface area (Å²) in [4.78, 5) is 2.47. The molecule has 1 atom stereocenters. The van der Waals surface area contributed by atoms with E-state index in [1.165, 1.54) is 27.8 Å². The van der Waals surface area contributed by atoms with Gasteiger partial charge in [-0.3, -0.25) is 4.90 Å². The fourth-order valence-corrected chi connectivity index (χ4v) is 3.77. The van der Waals surface area contributed by atoms with Gasteiger partial charge in [0, 0.05) is 12.6 Å². The first-order chi connectivity index (χ1) is 9.65. The Labute approximate surface area is 119 Å². The van der Waals surface area contributed by atoms with E-state index < -0.39 is 0 Å².